The van der Waals surface area contributed by atoms with Gasteiger partial charge in [0.1, 0.15) is 5.75 Å². The van der Waals surface area contributed by atoms with Crippen molar-refractivity contribution in [3.63, 3.8) is 0 Å². The van der Waals surface area contributed by atoms with E-state index < -0.39 is 0 Å². The van der Waals surface area contributed by atoms with Crippen LogP contribution in [0.4, 0.5) is 10.5 Å². The van der Waals surface area contributed by atoms with Gasteiger partial charge in [-0.15, -0.1) is 0 Å². The molecule has 0 aliphatic carbocycles. The van der Waals surface area contributed by atoms with Crippen molar-refractivity contribution in [2.24, 2.45) is 0 Å². The Balaban J connectivity index is 1.70. The van der Waals surface area contributed by atoms with Crippen LogP contribution in [0.3, 0.4) is 0 Å². The predicted octanol–water partition coefficient (Wildman–Crippen LogP) is 4.00. The number of rotatable bonds is 7. The molecule has 23 heavy (non-hydrogen) atoms. The van der Waals surface area contributed by atoms with E-state index in [0.29, 0.717) is 19.7 Å². The minimum atomic E-state index is -0.0750. The second kappa shape index (κ2) is 8.83. The number of para-hydroxylation sites is 1. The van der Waals surface area contributed by atoms with Crippen LogP contribution in [0.25, 0.3) is 0 Å². The molecule has 0 saturated heterocycles. The molecule has 0 heterocycles. The zero-order valence-electron chi connectivity index (χ0n) is 13.8. The van der Waals surface area contributed by atoms with Gasteiger partial charge in [-0.2, -0.15) is 0 Å². The zero-order valence-corrected chi connectivity index (χ0v) is 13.8. The third kappa shape index (κ3) is 5.33. The normalized spacial score (nSPS) is 10.2. The fraction of sp³-hybridized carbons (Fsp3) is 0.316. The highest BCUT2D eigenvalue weighted by Gasteiger charge is 2.12. The summed E-state index contributed by atoms with van der Waals surface area (Å²) in [5, 5.41) is 2.93. The van der Waals surface area contributed by atoms with E-state index in [1.807, 2.05) is 68.4 Å². The lowest BCUT2D eigenvalue weighted by Crippen LogP contribution is -2.40. The average Bonchev–Trinajstić information content (AvgIpc) is 2.58. The molecule has 0 aliphatic rings. The molecular weight excluding hydrogens is 288 g/mol. The number of amides is 2. The van der Waals surface area contributed by atoms with Crippen LogP contribution in [-0.4, -0.2) is 25.7 Å². The molecule has 2 aromatic rings. The third-order valence-corrected chi connectivity index (χ3v) is 3.52. The Hall–Kier alpha value is -2.49. The number of urea groups is 1. The summed E-state index contributed by atoms with van der Waals surface area (Å²) in [7, 11) is 0. The number of ether oxygens (including phenoxy) is 1. The van der Waals surface area contributed by atoms with Crippen molar-refractivity contribution >= 4 is 11.7 Å². The maximum absolute atomic E-state index is 12.2. The van der Waals surface area contributed by atoms with Gasteiger partial charge < -0.3 is 10.1 Å². The number of benzene rings is 2. The van der Waals surface area contributed by atoms with E-state index in [1.165, 1.54) is 5.56 Å². The van der Waals surface area contributed by atoms with E-state index in [-0.39, 0.29) is 6.03 Å². The minimum Gasteiger partial charge on any atom is -0.494 e. The van der Waals surface area contributed by atoms with Gasteiger partial charge in [-0.3, -0.25) is 4.90 Å². The summed E-state index contributed by atoms with van der Waals surface area (Å²) in [5.41, 5.74) is 2.12. The number of aryl methyl sites for hydroxylation is 1. The number of hydrogen-bond acceptors (Lipinski definition) is 2. The van der Waals surface area contributed by atoms with Crippen LogP contribution in [0, 0.1) is 6.92 Å². The Morgan fingerprint density at radius 3 is 2.43 bits per heavy atom. The lowest BCUT2D eigenvalue weighted by molar-refractivity contribution is 0.244. The summed E-state index contributed by atoms with van der Waals surface area (Å²) in [4.78, 5) is 13.9. The molecule has 0 bridgehead atoms. The summed E-state index contributed by atoms with van der Waals surface area (Å²) in [6.07, 6.45) is 0.770. The largest absolute Gasteiger partial charge is 0.494 e. The summed E-state index contributed by atoms with van der Waals surface area (Å²) in [6.45, 7) is 5.82. The quantitative estimate of drug-likeness (QED) is 0.785. The number of carbonyl (C=O) groups excluding carboxylic acids is 1. The second-order valence-electron chi connectivity index (χ2n) is 5.33. The highest BCUT2D eigenvalue weighted by Crippen LogP contribution is 2.13. The van der Waals surface area contributed by atoms with Gasteiger partial charge in [0.25, 0.3) is 0 Å². The van der Waals surface area contributed by atoms with Gasteiger partial charge in [-0.1, -0.05) is 35.9 Å². The molecule has 0 fully saturated rings. The fourth-order valence-electron chi connectivity index (χ4n) is 2.24. The molecule has 0 aromatic heterocycles. The maximum atomic E-state index is 12.2. The van der Waals surface area contributed by atoms with Crippen molar-refractivity contribution in [1.29, 1.82) is 0 Å². The number of anilines is 1. The van der Waals surface area contributed by atoms with Gasteiger partial charge >= 0.3 is 6.03 Å². The predicted molar refractivity (Wildman–Crippen MR) is 94.2 cm³/mol. The Bertz CT molecular complexity index is 597. The van der Waals surface area contributed by atoms with Gasteiger partial charge in [0.2, 0.25) is 0 Å². The molecule has 2 amide bonds. The van der Waals surface area contributed by atoms with Crippen LogP contribution in [0.1, 0.15) is 18.9 Å². The first-order valence-electron chi connectivity index (χ1n) is 8.00. The molecule has 0 radical (unpaired) electrons. The summed E-state index contributed by atoms with van der Waals surface area (Å²) in [6, 6.07) is 17.6. The molecule has 122 valence electrons. The molecule has 4 heteroatoms. The average molecular weight is 312 g/mol. The van der Waals surface area contributed by atoms with Crippen LogP contribution in [0.15, 0.2) is 54.6 Å². The summed E-state index contributed by atoms with van der Waals surface area (Å²) < 4.78 is 5.65. The topological polar surface area (TPSA) is 41.6 Å². The molecular formula is C19H24N2O2. The van der Waals surface area contributed by atoms with Crippen molar-refractivity contribution in [1.82, 2.24) is 5.32 Å². The van der Waals surface area contributed by atoms with Gasteiger partial charge in [0, 0.05) is 18.8 Å². The highest BCUT2D eigenvalue weighted by molar-refractivity contribution is 5.91. The van der Waals surface area contributed by atoms with E-state index in [1.54, 1.807) is 4.90 Å². The van der Waals surface area contributed by atoms with E-state index >= 15 is 0 Å². The monoisotopic (exact) mass is 312 g/mol. The van der Waals surface area contributed by atoms with Gasteiger partial charge in [-0.25, -0.2) is 4.79 Å². The molecule has 2 rings (SSSR count). The number of nitrogens with one attached hydrogen (secondary N) is 1. The molecule has 0 spiro atoms. The number of hydrogen-bond donors (Lipinski definition) is 1. The Labute approximate surface area is 138 Å². The van der Waals surface area contributed by atoms with Crippen molar-refractivity contribution in [3.05, 3.63) is 60.2 Å². The van der Waals surface area contributed by atoms with Crippen molar-refractivity contribution < 1.29 is 9.53 Å². The highest BCUT2D eigenvalue weighted by atomic mass is 16.5. The van der Waals surface area contributed by atoms with Crippen molar-refractivity contribution in [3.8, 4) is 5.75 Å². The molecule has 4 nitrogen and oxygen atoms in total. The molecule has 0 saturated carbocycles. The standard InChI is InChI=1S/C19H24N2O2/c1-3-21(17-8-5-4-6-9-17)19(22)20-14-7-15-23-18-12-10-16(2)11-13-18/h4-6,8-13H,3,7,14-15H2,1-2H3,(H,20,22). The molecule has 0 unspecified atom stereocenters. The summed E-state index contributed by atoms with van der Waals surface area (Å²) >= 11 is 0. The first kappa shape index (κ1) is 16.9. The van der Waals surface area contributed by atoms with Crippen molar-refractivity contribution in [2.45, 2.75) is 20.3 Å². The van der Waals surface area contributed by atoms with E-state index in [4.69, 9.17) is 4.74 Å². The van der Waals surface area contributed by atoms with Gasteiger partial charge in [-0.05, 0) is 44.5 Å². The van der Waals surface area contributed by atoms with Crippen LogP contribution in [-0.2, 0) is 0 Å². The van der Waals surface area contributed by atoms with Crippen LogP contribution < -0.4 is 15.0 Å². The molecule has 0 atom stereocenters. The van der Waals surface area contributed by atoms with Gasteiger partial charge in [0.15, 0.2) is 0 Å². The maximum Gasteiger partial charge on any atom is 0.321 e. The molecule has 2 aromatic carbocycles. The van der Waals surface area contributed by atoms with E-state index in [0.717, 1.165) is 17.9 Å². The Morgan fingerprint density at radius 2 is 1.78 bits per heavy atom. The van der Waals surface area contributed by atoms with Gasteiger partial charge in [0.05, 0.1) is 6.61 Å². The molecule has 1 N–H and O–H groups in total. The lowest BCUT2D eigenvalue weighted by Gasteiger charge is -2.21. The summed E-state index contributed by atoms with van der Waals surface area (Å²) in [5.74, 6) is 0.862. The first-order chi connectivity index (χ1) is 11.2. The van der Waals surface area contributed by atoms with E-state index in [9.17, 15) is 4.79 Å². The lowest BCUT2D eigenvalue weighted by atomic mass is 10.2. The third-order valence-electron chi connectivity index (χ3n) is 3.52. The SMILES string of the molecule is CCN(C(=O)NCCCOc1ccc(C)cc1)c1ccccc1. The zero-order chi connectivity index (χ0) is 16.5. The van der Waals surface area contributed by atoms with Crippen molar-refractivity contribution in [2.75, 3.05) is 24.6 Å². The van der Waals surface area contributed by atoms with Crippen LogP contribution in [0.5, 0.6) is 5.75 Å². The second-order valence-corrected chi connectivity index (χ2v) is 5.33. The first-order valence-corrected chi connectivity index (χ1v) is 8.00. The number of carbonyl (C=O) groups is 1. The Kier molecular flexibility index (Phi) is 6.48. The fourth-order valence-corrected chi connectivity index (χ4v) is 2.24. The van der Waals surface area contributed by atoms with Crippen LogP contribution >= 0.6 is 0 Å². The molecule has 0 aliphatic heterocycles. The smallest absolute Gasteiger partial charge is 0.321 e. The minimum absolute atomic E-state index is 0.0750. The van der Waals surface area contributed by atoms with E-state index in [2.05, 4.69) is 5.32 Å². The van der Waals surface area contributed by atoms with Crippen LogP contribution in [0.2, 0.25) is 0 Å². The Morgan fingerprint density at radius 1 is 1.09 bits per heavy atom. The number of nitrogens with zero attached hydrogens (tertiary/aromatic N) is 1.